The molecule has 0 aromatic rings. The van der Waals surface area contributed by atoms with Crippen molar-refractivity contribution < 1.29 is 14.6 Å². The van der Waals surface area contributed by atoms with Gasteiger partial charge in [-0.3, -0.25) is 0 Å². The molecular weight excluding hydrogens is 156 g/mol. The highest BCUT2D eigenvalue weighted by atomic mass is 16.6. The molecule has 0 aromatic carbocycles. The maximum Gasteiger partial charge on any atom is 0.331 e. The molecule has 0 radical (unpaired) electrons. The summed E-state index contributed by atoms with van der Waals surface area (Å²) in [5.74, 6) is -0.884. The van der Waals surface area contributed by atoms with Crippen LogP contribution in [0.1, 0.15) is 13.3 Å². The molecule has 1 heterocycles. The Morgan fingerprint density at radius 1 is 1.83 bits per heavy atom. The molecular formula is C9H12O3. The Morgan fingerprint density at radius 3 is 2.75 bits per heavy atom. The number of carboxylic acid groups (broad SMARTS) is 1. The molecule has 0 amide bonds. The van der Waals surface area contributed by atoms with Crippen LogP contribution in [0.5, 0.6) is 0 Å². The summed E-state index contributed by atoms with van der Waals surface area (Å²) in [6.45, 7) is 5.89. The topological polar surface area (TPSA) is 49.8 Å². The maximum atomic E-state index is 10.6. The van der Waals surface area contributed by atoms with Gasteiger partial charge in [-0.05, 0) is 12.5 Å². The van der Waals surface area contributed by atoms with Crippen LogP contribution in [0.25, 0.3) is 0 Å². The normalized spacial score (nSPS) is 22.9. The van der Waals surface area contributed by atoms with E-state index in [0.29, 0.717) is 12.0 Å². The van der Waals surface area contributed by atoms with Crippen molar-refractivity contribution in [3.8, 4) is 0 Å². The Balaban J connectivity index is 2.68. The van der Waals surface area contributed by atoms with Crippen molar-refractivity contribution in [2.75, 3.05) is 6.61 Å². The predicted molar refractivity (Wildman–Crippen MR) is 44.9 cm³/mol. The second kappa shape index (κ2) is 3.54. The van der Waals surface area contributed by atoms with Gasteiger partial charge in [0.2, 0.25) is 0 Å². The van der Waals surface area contributed by atoms with Crippen LogP contribution in [0, 0.1) is 0 Å². The summed E-state index contributed by atoms with van der Waals surface area (Å²) in [4.78, 5) is 10.6. The molecule has 1 rings (SSSR count). The maximum absolute atomic E-state index is 10.6. The molecule has 1 atom stereocenters. The van der Waals surface area contributed by atoms with Crippen molar-refractivity contribution in [1.29, 1.82) is 0 Å². The van der Waals surface area contributed by atoms with E-state index in [0.717, 1.165) is 12.2 Å². The summed E-state index contributed by atoms with van der Waals surface area (Å²) in [6, 6.07) is 0. The molecule has 3 heteroatoms. The zero-order valence-electron chi connectivity index (χ0n) is 7.04. The van der Waals surface area contributed by atoms with Crippen LogP contribution in [-0.2, 0) is 9.53 Å². The quantitative estimate of drug-likeness (QED) is 0.391. The van der Waals surface area contributed by atoms with E-state index in [-0.39, 0.29) is 6.10 Å². The number of epoxide rings is 1. The molecule has 3 nitrogen and oxygen atoms in total. The summed E-state index contributed by atoms with van der Waals surface area (Å²) >= 11 is 0. The van der Waals surface area contributed by atoms with Crippen molar-refractivity contribution in [3.05, 3.63) is 23.8 Å². The van der Waals surface area contributed by atoms with Gasteiger partial charge in [-0.2, -0.15) is 0 Å². The average Bonchev–Trinajstić information content (AvgIpc) is 2.82. The highest BCUT2D eigenvalue weighted by molar-refractivity contribution is 5.87. The number of allylic oxidation sites excluding steroid dienone is 1. The standard InChI is InChI=1S/C9H12O3/c1-3-7(4-8-5-12-8)6(2)9(10)11/h3,8H,1,4-5H2,2H3,(H,10,11)/b7-6+. The minimum atomic E-state index is -0.884. The van der Waals surface area contributed by atoms with Gasteiger partial charge in [-0.15, -0.1) is 0 Å². The van der Waals surface area contributed by atoms with Crippen LogP contribution in [0.3, 0.4) is 0 Å². The molecule has 1 aliphatic heterocycles. The van der Waals surface area contributed by atoms with E-state index in [1.165, 1.54) is 0 Å². The minimum Gasteiger partial charge on any atom is -0.478 e. The van der Waals surface area contributed by atoms with E-state index in [9.17, 15) is 4.79 Å². The predicted octanol–water partition coefficient (Wildman–Crippen LogP) is 1.36. The van der Waals surface area contributed by atoms with Crippen LogP contribution >= 0.6 is 0 Å². The van der Waals surface area contributed by atoms with E-state index in [1.54, 1.807) is 13.0 Å². The van der Waals surface area contributed by atoms with Crippen LogP contribution < -0.4 is 0 Å². The summed E-state index contributed by atoms with van der Waals surface area (Å²) < 4.78 is 5.00. The number of carboxylic acids is 1. The minimum absolute atomic E-state index is 0.215. The second-order valence-corrected chi connectivity index (χ2v) is 2.82. The van der Waals surface area contributed by atoms with Gasteiger partial charge in [0.1, 0.15) is 0 Å². The Hall–Kier alpha value is -1.09. The molecule has 1 unspecified atom stereocenters. The van der Waals surface area contributed by atoms with Crippen LogP contribution in [0.4, 0.5) is 0 Å². The molecule has 1 saturated heterocycles. The molecule has 1 N–H and O–H groups in total. The Bertz CT molecular complexity index is 236. The monoisotopic (exact) mass is 168 g/mol. The molecule has 66 valence electrons. The van der Waals surface area contributed by atoms with Crippen LogP contribution in [0.2, 0.25) is 0 Å². The largest absolute Gasteiger partial charge is 0.478 e. The van der Waals surface area contributed by atoms with Gasteiger partial charge in [0, 0.05) is 12.0 Å². The smallest absolute Gasteiger partial charge is 0.331 e. The third-order valence-electron chi connectivity index (χ3n) is 1.90. The van der Waals surface area contributed by atoms with Gasteiger partial charge in [0.15, 0.2) is 0 Å². The molecule has 12 heavy (non-hydrogen) atoms. The van der Waals surface area contributed by atoms with Gasteiger partial charge in [-0.25, -0.2) is 4.79 Å². The van der Waals surface area contributed by atoms with Gasteiger partial charge >= 0.3 is 5.97 Å². The van der Waals surface area contributed by atoms with Crippen LogP contribution in [-0.4, -0.2) is 23.8 Å². The fourth-order valence-corrected chi connectivity index (χ4v) is 0.958. The number of hydrogen-bond acceptors (Lipinski definition) is 2. The van der Waals surface area contributed by atoms with Crippen molar-refractivity contribution in [1.82, 2.24) is 0 Å². The third kappa shape index (κ3) is 2.20. The molecule has 0 saturated carbocycles. The number of rotatable bonds is 4. The fourth-order valence-electron chi connectivity index (χ4n) is 0.958. The first-order chi connectivity index (χ1) is 5.65. The number of hydrogen-bond donors (Lipinski definition) is 1. The first kappa shape index (κ1) is 9.00. The van der Waals surface area contributed by atoms with Crippen molar-refractivity contribution in [3.63, 3.8) is 0 Å². The van der Waals surface area contributed by atoms with E-state index >= 15 is 0 Å². The lowest BCUT2D eigenvalue weighted by atomic mass is 10.1. The lowest BCUT2D eigenvalue weighted by molar-refractivity contribution is -0.132. The number of ether oxygens (including phenoxy) is 1. The molecule has 0 aliphatic carbocycles. The second-order valence-electron chi connectivity index (χ2n) is 2.82. The van der Waals surface area contributed by atoms with Gasteiger partial charge in [0.25, 0.3) is 0 Å². The highest BCUT2D eigenvalue weighted by Gasteiger charge is 2.24. The molecule has 0 aromatic heterocycles. The van der Waals surface area contributed by atoms with E-state index < -0.39 is 5.97 Å². The molecule has 0 bridgehead atoms. The average molecular weight is 168 g/mol. The fraction of sp³-hybridized carbons (Fsp3) is 0.444. The number of carbonyl (C=O) groups is 1. The highest BCUT2D eigenvalue weighted by Crippen LogP contribution is 2.21. The summed E-state index contributed by atoms with van der Waals surface area (Å²) in [6.07, 6.45) is 2.47. The molecule has 1 aliphatic rings. The van der Waals surface area contributed by atoms with Gasteiger partial charge in [0.05, 0.1) is 12.7 Å². The first-order valence-electron chi connectivity index (χ1n) is 3.82. The lowest BCUT2D eigenvalue weighted by Crippen LogP contribution is -2.01. The van der Waals surface area contributed by atoms with Crippen LogP contribution in [0.15, 0.2) is 23.8 Å². The van der Waals surface area contributed by atoms with Gasteiger partial charge in [-0.1, -0.05) is 12.7 Å². The third-order valence-corrected chi connectivity index (χ3v) is 1.90. The van der Waals surface area contributed by atoms with Crippen molar-refractivity contribution >= 4 is 5.97 Å². The molecule has 1 fully saturated rings. The molecule has 0 spiro atoms. The Morgan fingerprint density at radius 2 is 2.42 bits per heavy atom. The van der Waals surface area contributed by atoms with E-state index in [2.05, 4.69) is 6.58 Å². The zero-order valence-corrected chi connectivity index (χ0v) is 7.04. The number of aliphatic carboxylic acids is 1. The van der Waals surface area contributed by atoms with E-state index in [4.69, 9.17) is 9.84 Å². The summed E-state index contributed by atoms with van der Waals surface area (Å²) in [7, 11) is 0. The summed E-state index contributed by atoms with van der Waals surface area (Å²) in [5.41, 5.74) is 1.13. The first-order valence-corrected chi connectivity index (χ1v) is 3.82. The van der Waals surface area contributed by atoms with Crippen molar-refractivity contribution in [2.45, 2.75) is 19.4 Å². The lowest BCUT2D eigenvalue weighted by Gasteiger charge is -2.01. The zero-order chi connectivity index (χ0) is 9.14. The SMILES string of the molecule is C=C/C(CC1CO1)=C(/C)C(=O)O. The van der Waals surface area contributed by atoms with Crippen molar-refractivity contribution in [2.24, 2.45) is 0 Å². The van der Waals surface area contributed by atoms with E-state index in [1.807, 2.05) is 0 Å². The Labute approximate surface area is 71.3 Å². The Kier molecular flexibility index (Phi) is 2.65. The van der Waals surface area contributed by atoms with Gasteiger partial charge < -0.3 is 9.84 Å². The summed E-state index contributed by atoms with van der Waals surface area (Å²) in [5, 5.41) is 8.67.